The predicted molar refractivity (Wildman–Crippen MR) is 43.6 cm³/mol. The zero-order valence-electron chi connectivity index (χ0n) is 6.25. The Morgan fingerprint density at radius 1 is 1.25 bits per heavy atom. The van der Waals surface area contributed by atoms with Crippen molar-refractivity contribution in [2.45, 2.75) is 0 Å². The number of hydrogen-bond donors (Lipinski definition) is 1. The largest absolute Gasteiger partial charge is 0.382 e. The minimum absolute atomic E-state index is 0.408. The van der Waals surface area contributed by atoms with Gasteiger partial charge in [-0.3, -0.25) is 0 Å². The summed E-state index contributed by atoms with van der Waals surface area (Å²) in [6.07, 6.45) is 6.54. The van der Waals surface area contributed by atoms with E-state index in [1.807, 2.05) is 6.07 Å². The van der Waals surface area contributed by atoms with Crippen molar-refractivity contribution in [3.63, 3.8) is 0 Å². The van der Waals surface area contributed by atoms with Gasteiger partial charge in [0.25, 0.3) is 0 Å². The Kier molecular flexibility index (Phi) is 1.48. The lowest BCUT2D eigenvalue weighted by atomic mass is 10.6. The van der Waals surface area contributed by atoms with Gasteiger partial charge >= 0.3 is 0 Å². The number of nitrogens with two attached hydrogens (primary N) is 1. The van der Waals surface area contributed by atoms with Crippen LogP contribution < -0.4 is 5.73 Å². The van der Waals surface area contributed by atoms with Gasteiger partial charge in [0, 0.05) is 12.4 Å². The van der Waals surface area contributed by atoms with E-state index in [0.29, 0.717) is 11.6 Å². The fourth-order valence-corrected chi connectivity index (χ4v) is 0.854. The van der Waals surface area contributed by atoms with Gasteiger partial charge in [0.15, 0.2) is 5.82 Å². The first-order valence-electron chi connectivity index (χ1n) is 3.44. The van der Waals surface area contributed by atoms with Gasteiger partial charge in [0.05, 0.1) is 12.4 Å². The van der Waals surface area contributed by atoms with Crippen LogP contribution in [-0.4, -0.2) is 19.7 Å². The van der Waals surface area contributed by atoms with E-state index in [9.17, 15) is 0 Å². The zero-order valence-corrected chi connectivity index (χ0v) is 6.25. The molecular weight excluding hydrogens is 154 g/mol. The van der Waals surface area contributed by atoms with Crippen LogP contribution in [-0.2, 0) is 0 Å². The van der Waals surface area contributed by atoms with Crippen molar-refractivity contribution in [1.82, 2.24) is 19.7 Å². The number of nitrogens with zero attached hydrogens (tertiary/aromatic N) is 4. The predicted octanol–water partition coefficient (Wildman–Crippen LogP) is 0.245. The zero-order chi connectivity index (χ0) is 8.39. The third kappa shape index (κ3) is 1.12. The summed E-state index contributed by atoms with van der Waals surface area (Å²) in [7, 11) is 0. The molecule has 5 heteroatoms. The van der Waals surface area contributed by atoms with Crippen LogP contribution in [0.1, 0.15) is 0 Å². The summed E-state index contributed by atoms with van der Waals surface area (Å²) in [6, 6.07) is 1.82. The molecule has 0 aliphatic heterocycles. The molecule has 12 heavy (non-hydrogen) atoms. The smallest absolute Gasteiger partial charge is 0.171 e. The van der Waals surface area contributed by atoms with Gasteiger partial charge in [0.2, 0.25) is 0 Å². The van der Waals surface area contributed by atoms with Crippen LogP contribution in [0.3, 0.4) is 0 Å². The molecule has 0 aliphatic rings. The Labute approximate surface area is 68.9 Å². The molecule has 0 fully saturated rings. The second kappa shape index (κ2) is 2.61. The van der Waals surface area contributed by atoms with Crippen LogP contribution in [0.5, 0.6) is 0 Å². The number of rotatable bonds is 1. The highest BCUT2D eigenvalue weighted by atomic mass is 15.3. The van der Waals surface area contributed by atoms with Gasteiger partial charge < -0.3 is 5.73 Å². The molecule has 0 aliphatic carbocycles. The molecular formula is C7H7N5. The van der Waals surface area contributed by atoms with Crippen molar-refractivity contribution >= 4 is 5.82 Å². The van der Waals surface area contributed by atoms with E-state index in [0.717, 1.165) is 0 Å². The van der Waals surface area contributed by atoms with E-state index >= 15 is 0 Å². The summed E-state index contributed by atoms with van der Waals surface area (Å²) in [5, 5.41) is 3.99. The monoisotopic (exact) mass is 161 g/mol. The Morgan fingerprint density at radius 2 is 2.17 bits per heavy atom. The van der Waals surface area contributed by atoms with Gasteiger partial charge in [-0.1, -0.05) is 0 Å². The molecule has 2 aromatic rings. The molecule has 0 unspecified atom stereocenters. The van der Waals surface area contributed by atoms with Crippen LogP contribution in [0.2, 0.25) is 0 Å². The van der Waals surface area contributed by atoms with Crippen molar-refractivity contribution in [1.29, 1.82) is 0 Å². The Balaban J connectivity index is 2.43. The van der Waals surface area contributed by atoms with Gasteiger partial charge in [-0.2, -0.15) is 5.10 Å². The van der Waals surface area contributed by atoms with E-state index in [-0.39, 0.29) is 0 Å². The van der Waals surface area contributed by atoms with E-state index in [2.05, 4.69) is 15.1 Å². The second-order valence-electron chi connectivity index (χ2n) is 2.25. The Morgan fingerprint density at radius 3 is 2.75 bits per heavy atom. The molecule has 0 saturated carbocycles. The highest BCUT2D eigenvalue weighted by Gasteiger charge is 1.96. The van der Waals surface area contributed by atoms with Gasteiger partial charge in [-0.25, -0.2) is 14.6 Å². The molecule has 5 nitrogen and oxygen atoms in total. The number of hydrogen-bond acceptors (Lipinski definition) is 4. The lowest BCUT2D eigenvalue weighted by molar-refractivity contribution is 0.839. The van der Waals surface area contributed by atoms with Crippen LogP contribution in [0.25, 0.3) is 5.82 Å². The average Bonchev–Trinajstić information content (AvgIpc) is 2.58. The Bertz CT molecular complexity index is 350. The van der Waals surface area contributed by atoms with Crippen LogP contribution in [0.15, 0.2) is 30.9 Å². The van der Waals surface area contributed by atoms with Crippen molar-refractivity contribution in [2.24, 2.45) is 0 Å². The minimum atomic E-state index is 0.408. The molecule has 2 heterocycles. The van der Waals surface area contributed by atoms with E-state index in [1.165, 1.54) is 6.20 Å². The molecule has 2 rings (SSSR count). The van der Waals surface area contributed by atoms with Crippen molar-refractivity contribution < 1.29 is 0 Å². The molecule has 2 N–H and O–H groups in total. The molecule has 0 atom stereocenters. The van der Waals surface area contributed by atoms with Crippen LogP contribution in [0, 0.1) is 0 Å². The molecule has 0 amide bonds. The second-order valence-corrected chi connectivity index (χ2v) is 2.25. The van der Waals surface area contributed by atoms with Gasteiger partial charge in [-0.15, -0.1) is 0 Å². The first kappa shape index (κ1) is 6.78. The average molecular weight is 161 g/mol. The van der Waals surface area contributed by atoms with Crippen LogP contribution in [0.4, 0.5) is 5.82 Å². The summed E-state index contributed by atoms with van der Waals surface area (Å²) in [5.74, 6) is 1.07. The molecule has 0 bridgehead atoms. The molecule has 0 saturated heterocycles. The fourth-order valence-electron chi connectivity index (χ4n) is 0.854. The highest BCUT2D eigenvalue weighted by molar-refractivity contribution is 5.27. The number of aromatic nitrogens is 4. The van der Waals surface area contributed by atoms with E-state index in [1.54, 1.807) is 23.3 Å². The summed E-state index contributed by atoms with van der Waals surface area (Å²) < 4.78 is 1.62. The van der Waals surface area contributed by atoms with Crippen LogP contribution >= 0.6 is 0 Å². The first-order chi connectivity index (χ1) is 5.86. The summed E-state index contributed by atoms with van der Waals surface area (Å²) in [6.45, 7) is 0. The molecule has 0 aromatic carbocycles. The lowest BCUT2D eigenvalue weighted by Crippen LogP contribution is -2.00. The molecule has 60 valence electrons. The number of nitrogen functional groups attached to an aromatic ring is 1. The topological polar surface area (TPSA) is 69.6 Å². The van der Waals surface area contributed by atoms with Gasteiger partial charge in [-0.05, 0) is 6.07 Å². The Hall–Kier alpha value is -1.91. The van der Waals surface area contributed by atoms with Crippen molar-refractivity contribution in [3.8, 4) is 5.82 Å². The van der Waals surface area contributed by atoms with E-state index < -0.39 is 0 Å². The van der Waals surface area contributed by atoms with Crippen molar-refractivity contribution in [2.75, 3.05) is 5.73 Å². The summed E-state index contributed by atoms with van der Waals surface area (Å²) in [5.41, 5.74) is 5.38. The third-order valence-electron chi connectivity index (χ3n) is 1.40. The molecule has 0 radical (unpaired) electrons. The highest BCUT2D eigenvalue weighted by Crippen LogP contribution is 2.00. The molecule has 0 spiro atoms. The van der Waals surface area contributed by atoms with Crippen molar-refractivity contribution in [3.05, 3.63) is 30.9 Å². The standard InChI is InChI=1S/C7H7N5/c8-6-4-10-7(5-9-6)12-3-1-2-11-12/h1-5H,(H2,8,9). The van der Waals surface area contributed by atoms with E-state index in [4.69, 9.17) is 5.73 Å². The first-order valence-corrected chi connectivity index (χ1v) is 3.44. The fraction of sp³-hybridized carbons (Fsp3) is 0. The normalized spacial score (nSPS) is 10.0. The third-order valence-corrected chi connectivity index (χ3v) is 1.40. The SMILES string of the molecule is Nc1cnc(-n2cccn2)cn1. The summed E-state index contributed by atoms with van der Waals surface area (Å²) >= 11 is 0. The summed E-state index contributed by atoms with van der Waals surface area (Å²) in [4.78, 5) is 7.92. The minimum Gasteiger partial charge on any atom is -0.382 e. The lowest BCUT2D eigenvalue weighted by Gasteiger charge is -1.97. The maximum Gasteiger partial charge on any atom is 0.171 e. The van der Waals surface area contributed by atoms with Gasteiger partial charge in [0.1, 0.15) is 5.82 Å². The number of anilines is 1. The quantitative estimate of drug-likeness (QED) is 0.650. The maximum atomic E-state index is 5.38. The molecule has 2 aromatic heterocycles. The maximum absolute atomic E-state index is 5.38.